The molecule has 0 aliphatic carbocycles. The second kappa shape index (κ2) is 3.99. The molecule has 0 unspecified atom stereocenters. The van der Waals surface area contributed by atoms with Gasteiger partial charge in [-0.15, -0.1) is 0 Å². The van der Waals surface area contributed by atoms with E-state index in [1.165, 1.54) is 0 Å². The number of nitrogens with zero attached hydrogens (tertiary/aromatic N) is 3. The van der Waals surface area contributed by atoms with E-state index in [-0.39, 0.29) is 5.02 Å². The zero-order valence-electron chi connectivity index (χ0n) is 8.04. The molecule has 2 aromatic rings. The molecule has 0 fully saturated rings. The Labute approximate surface area is 97.6 Å². The molecule has 17 heavy (non-hydrogen) atoms. The van der Waals surface area contributed by atoms with Crippen LogP contribution in [0.25, 0.3) is 5.82 Å². The molecule has 0 aliphatic heterocycles. The minimum atomic E-state index is -4.63. The van der Waals surface area contributed by atoms with E-state index < -0.39 is 23.5 Å². The lowest BCUT2D eigenvalue weighted by Gasteiger charge is -2.09. The molecule has 3 nitrogen and oxygen atoms in total. The predicted octanol–water partition coefficient (Wildman–Crippen LogP) is 3.08. The number of halogens is 5. The Kier molecular flexibility index (Phi) is 2.78. The van der Waals surface area contributed by atoms with Crippen molar-refractivity contribution in [1.82, 2.24) is 14.8 Å². The SMILES string of the molecule is Fc1cc(Cl)cnc1-n1nccc1C(F)(F)F. The first-order chi connectivity index (χ1) is 7.89. The summed E-state index contributed by atoms with van der Waals surface area (Å²) in [4.78, 5) is 3.49. The van der Waals surface area contributed by atoms with E-state index in [1.54, 1.807) is 0 Å². The summed E-state index contributed by atoms with van der Waals surface area (Å²) in [7, 11) is 0. The van der Waals surface area contributed by atoms with Gasteiger partial charge in [-0.25, -0.2) is 14.1 Å². The monoisotopic (exact) mass is 265 g/mol. The Balaban J connectivity index is 2.58. The predicted molar refractivity (Wildman–Crippen MR) is 51.3 cm³/mol. The number of pyridine rings is 1. The van der Waals surface area contributed by atoms with Crippen molar-refractivity contribution in [1.29, 1.82) is 0 Å². The Bertz CT molecular complexity index is 549. The van der Waals surface area contributed by atoms with Crippen LogP contribution in [0.2, 0.25) is 5.02 Å². The summed E-state index contributed by atoms with van der Waals surface area (Å²) < 4.78 is 51.4. The maximum Gasteiger partial charge on any atom is 0.433 e. The van der Waals surface area contributed by atoms with Crippen LogP contribution in [0.1, 0.15) is 5.69 Å². The van der Waals surface area contributed by atoms with Crippen LogP contribution in [0, 0.1) is 5.82 Å². The van der Waals surface area contributed by atoms with Gasteiger partial charge in [0, 0.05) is 6.20 Å². The first-order valence-corrected chi connectivity index (χ1v) is 4.70. The van der Waals surface area contributed by atoms with Crippen molar-refractivity contribution in [2.75, 3.05) is 0 Å². The van der Waals surface area contributed by atoms with Crippen molar-refractivity contribution in [2.24, 2.45) is 0 Å². The van der Waals surface area contributed by atoms with Crippen LogP contribution in [-0.2, 0) is 6.18 Å². The molecule has 8 heteroatoms. The third-order valence-electron chi connectivity index (χ3n) is 1.92. The van der Waals surface area contributed by atoms with Crippen molar-refractivity contribution in [3.8, 4) is 5.82 Å². The van der Waals surface area contributed by atoms with Crippen LogP contribution >= 0.6 is 11.6 Å². The number of alkyl halides is 3. The topological polar surface area (TPSA) is 30.7 Å². The maximum absolute atomic E-state index is 13.4. The average molecular weight is 266 g/mol. The summed E-state index contributed by atoms with van der Waals surface area (Å²) in [5.41, 5.74) is -1.11. The van der Waals surface area contributed by atoms with E-state index >= 15 is 0 Å². The third kappa shape index (κ3) is 2.23. The van der Waals surface area contributed by atoms with Gasteiger partial charge in [-0.3, -0.25) is 0 Å². The summed E-state index contributed by atoms with van der Waals surface area (Å²) in [6.45, 7) is 0. The fourth-order valence-electron chi connectivity index (χ4n) is 1.25. The molecule has 0 spiro atoms. The molecule has 2 aromatic heterocycles. The van der Waals surface area contributed by atoms with Crippen molar-refractivity contribution in [3.63, 3.8) is 0 Å². The van der Waals surface area contributed by atoms with E-state index in [1.807, 2.05) is 0 Å². The molecule has 0 saturated carbocycles. The van der Waals surface area contributed by atoms with E-state index in [2.05, 4.69) is 10.1 Å². The summed E-state index contributed by atoms with van der Waals surface area (Å²) >= 11 is 5.45. The minimum absolute atomic E-state index is 0.00744. The van der Waals surface area contributed by atoms with Gasteiger partial charge in [0.25, 0.3) is 0 Å². The van der Waals surface area contributed by atoms with Crippen molar-refractivity contribution >= 4 is 11.6 Å². The Hall–Kier alpha value is -1.63. The van der Waals surface area contributed by atoms with Crippen LogP contribution < -0.4 is 0 Å². The van der Waals surface area contributed by atoms with E-state index in [0.717, 1.165) is 24.5 Å². The minimum Gasteiger partial charge on any atom is -0.233 e. The van der Waals surface area contributed by atoms with Crippen LogP contribution in [0.15, 0.2) is 24.5 Å². The highest BCUT2D eigenvalue weighted by Gasteiger charge is 2.35. The highest BCUT2D eigenvalue weighted by Crippen LogP contribution is 2.30. The number of rotatable bonds is 1. The standard InChI is InChI=1S/C9H4ClF4N3/c10-5-3-6(11)8(15-4-5)17-7(1-2-16-17)9(12,13)14/h1-4H. The average Bonchev–Trinajstić information content (AvgIpc) is 2.65. The van der Waals surface area contributed by atoms with Gasteiger partial charge in [0.15, 0.2) is 11.6 Å². The van der Waals surface area contributed by atoms with Gasteiger partial charge in [-0.2, -0.15) is 18.3 Å². The largest absolute Gasteiger partial charge is 0.433 e. The van der Waals surface area contributed by atoms with Gasteiger partial charge in [0.05, 0.1) is 11.2 Å². The van der Waals surface area contributed by atoms with Crippen molar-refractivity contribution < 1.29 is 17.6 Å². The van der Waals surface area contributed by atoms with Gasteiger partial charge in [-0.1, -0.05) is 11.6 Å². The van der Waals surface area contributed by atoms with E-state index in [0.29, 0.717) is 4.68 Å². The number of hydrogen-bond donors (Lipinski definition) is 0. The fourth-order valence-corrected chi connectivity index (χ4v) is 1.39. The molecule has 0 saturated heterocycles. The van der Waals surface area contributed by atoms with Crippen LogP contribution in [0.4, 0.5) is 17.6 Å². The smallest absolute Gasteiger partial charge is 0.233 e. The molecule has 0 bridgehead atoms. The first-order valence-electron chi connectivity index (χ1n) is 4.32. The summed E-state index contributed by atoms with van der Waals surface area (Å²) in [6.07, 6.45) is -2.68. The highest BCUT2D eigenvalue weighted by molar-refractivity contribution is 6.30. The summed E-state index contributed by atoms with van der Waals surface area (Å²) in [5.74, 6) is -1.53. The van der Waals surface area contributed by atoms with Crippen molar-refractivity contribution in [3.05, 3.63) is 41.1 Å². The van der Waals surface area contributed by atoms with Crippen LogP contribution in [0.3, 0.4) is 0 Å². The molecular formula is C9H4ClF4N3. The van der Waals surface area contributed by atoms with Crippen LogP contribution in [0.5, 0.6) is 0 Å². The van der Waals surface area contributed by atoms with Gasteiger partial charge < -0.3 is 0 Å². The van der Waals surface area contributed by atoms with Gasteiger partial charge in [-0.05, 0) is 12.1 Å². The normalized spacial score (nSPS) is 11.8. The number of hydrogen-bond acceptors (Lipinski definition) is 2. The molecule has 0 radical (unpaired) electrons. The Morgan fingerprint density at radius 2 is 2.00 bits per heavy atom. The second-order valence-electron chi connectivity index (χ2n) is 3.08. The number of aromatic nitrogens is 3. The lowest BCUT2D eigenvalue weighted by atomic mass is 10.4. The third-order valence-corrected chi connectivity index (χ3v) is 2.13. The molecule has 0 N–H and O–H groups in total. The zero-order chi connectivity index (χ0) is 12.6. The quantitative estimate of drug-likeness (QED) is 0.742. The molecule has 0 amide bonds. The fraction of sp³-hybridized carbons (Fsp3) is 0.111. The second-order valence-corrected chi connectivity index (χ2v) is 3.52. The highest BCUT2D eigenvalue weighted by atomic mass is 35.5. The summed E-state index contributed by atoms with van der Waals surface area (Å²) in [5, 5.41) is 3.39. The lowest BCUT2D eigenvalue weighted by molar-refractivity contribution is -0.142. The maximum atomic E-state index is 13.4. The van der Waals surface area contributed by atoms with E-state index in [9.17, 15) is 17.6 Å². The Morgan fingerprint density at radius 3 is 2.59 bits per heavy atom. The Morgan fingerprint density at radius 1 is 1.29 bits per heavy atom. The molecule has 2 rings (SSSR count). The molecule has 2 heterocycles. The van der Waals surface area contributed by atoms with Gasteiger partial charge >= 0.3 is 6.18 Å². The lowest BCUT2D eigenvalue weighted by Crippen LogP contribution is -2.15. The van der Waals surface area contributed by atoms with Crippen molar-refractivity contribution in [2.45, 2.75) is 6.18 Å². The van der Waals surface area contributed by atoms with Gasteiger partial charge in [0.1, 0.15) is 5.69 Å². The van der Waals surface area contributed by atoms with E-state index in [4.69, 9.17) is 11.6 Å². The molecule has 90 valence electrons. The summed E-state index contributed by atoms with van der Waals surface area (Å²) in [6, 6.07) is 1.60. The van der Waals surface area contributed by atoms with Crippen LogP contribution in [-0.4, -0.2) is 14.8 Å². The first kappa shape index (κ1) is 11.8. The molecule has 0 aliphatic rings. The molecule has 0 atom stereocenters. The molecular weight excluding hydrogens is 262 g/mol. The molecule has 0 aromatic carbocycles. The van der Waals surface area contributed by atoms with Gasteiger partial charge in [0.2, 0.25) is 0 Å². The zero-order valence-corrected chi connectivity index (χ0v) is 8.80.